The average Bonchev–Trinajstić information content (AvgIpc) is 2.28. The second-order valence-corrected chi connectivity index (χ2v) is 4.14. The monoisotopic (exact) mass is 270 g/mol. The second-order valence-electron chi connectivity index (χ2n) is 3.26. The maximum Gasteiger partial charge on any atom is 0.184 e. The quantitative estimate of drug-likeness (QED) is 0.380. The van der Waals surface area contributed by atoms with E-state index in [1.165, 1.54) is 0 Å². The second kappa shape index (κ2) is 6.27. The lowest BCUT2D eigenvalue weighted by molar-refractivity contribution is 0.923. The van der Waals surface area contributed by atoms with Crippen molar-refractivity contribution in [1.29, 1.82) is 0 Å². The summed E-state index contributed by atoms with van der Waals surface area (Å²) in [6, 6.07) is 6.31. The van der Waals surface area contributed by atoms with Crippen molar-refractivity contribution in [3.05, 3.63) is 39.8 Å². The predicted molar refractivity (Wildman–Crippen MR) is 73.2 cm³/mol. The minimum atomic E-state index is -0.629. The highest BCUT2D eigenvalue weighted by atomic mass is 35.5. The Labute approximate surface area is 109 Å². The van der Waals surface area contributed by atoms with Crippen LogP contribution < -0.4 is 11.2 Å². The van der Waals surface area contributed by atoms with Crippen molar-refractivity contribution in [3.63, 3.8) is 0 Å². The molecule has 1 atom stereocenters. The molecule has 0 saturated carbocycles. The van der Waals surface area contributed by atoms with Crippen LogP contribution in [0.15, 0.2) is 34.5 Å². The topological polar surface area (TPSA) is 79.8 Å². The van der Waals surface area contributed by atoms with Crippen LogP contribution >= 0.6 is 23.8 Å². The SMILES string of the molecule is CC(N=O)C(=NNC(N)=S)c1cccc(Cl)c1. The van der Waals surface area contributed by atoms with Crippen LogP contribution in [0.3, 0.4) is 0 Å². The highest BCUT2D eigenvalue weighted by Gasteiger charge is 2.14. The van der Waals surface area contributed by atoms with Crippen LogP contribution in [0.25, 0.3) is 0 Å². The Morgan fingerprint density at radius 2 is 2.29 bits per heavy atom. The molecule has 1 aromatic rings. The van der Waals surface area contributed by atoms with Gasteiger partial charge in [0.25, 0.3) is 0 Å². The minimum Gasteiger partial charge on any atom is -0.375 e. The van der Waals surface area contributed by atoms with Gasteiger partial charge in [-0.2, -0.15) is 10.0 Å². The zero-order valence-electron chi connectivity index (χ0n) is 9.05. The Balaban J connectivity index is 3.10. The summed E-state index contributed by atoms with van der Waals surface area (Å²) in [5.74, 6) is 0. The van der Waals surface area contributed by atoms with Crippen molar-refractivity contribution < 1.29 is 0 Å². The third-order valence-corrected chi connectivity index (χ3v) is 2.29. The minimum absolute atomic E-state index is 0.0163. The Bertz CT molecular complexity index is 463. The number of benzene rings is 1. The molecule has 0 aliphatic carbocycles. The van der Waals surface area contributed by atoms with Gasteiger partial charge in [-0.05, 0) is 31.3 Å². The first-order valence-electron chi connectivity index (χ1n) is 4.76. The van der Waals surface area contributed by atoms with Crippen LogP contribution in [0.4, 0.5) is 0 Å². The molecule has 7 heteroatoms. The van der Waals surface area contributed by atoms with E-state index in [9.17, 15) is 4.91 Å². The van der Waals surface area contributed by atoms with Crippen LogP contribution in [0.1, 0.15) is 12.5 Å². The molecule has 0 saturated heterocycles. The Morgan fingerprint density at radius 1 is 1.59 bits per heavy atom. The van der Waals surface area contributed by atoms with E-state index in [1.807, 2.05) is 0 Å². The zero-order chi connectivity index (χ0) is 12.8. The van der Waals surface area contributed by atoms with E-state index in [0.717, 1.165) is 0 Å². The van der Waals surface area contributed by atoms with Crippen LogP contribution in [0, 0.1) is 4.91 Å². The number of halogens is 1. The Morgan fingerprint density at radius 3 is 2.82 bits per heavy atom. The Hall–Kier alpha value is -1.53. The smallest absolute Gasteiger partial charge is 0.184 e. The summed E-state index contributed by atoms with van der Waals surface area (Å²) < 4.78 is 0. The number of nitroso groups, excluding NO2 is 1. The molecule has 0 radical (unpaired) electrons. The van der Waals surface area contributed by atoms with Gasteiger partial charge >= 0.3 is 0 Å². The summed E-state index contributed by atoms with van der Waals surface area (Å²) in [6.07, 6.45) is 0. The number of rotatable bonds is 4. The van der Waals surface area contributed by atoms with Gasteiger partial charge < -0.3 is 5.73 Å². The molecule has 0 aliphatic heterocycles. The van der Waals surface area contributed by atoms with Crippen molar-refractivity contribution >= 4 is 34.6 Å². The molecule has 5 nitrogen and oxygen atoms in total. The summed E-state index contributed by atoms with van der Waals surface area (Å²) >= 11 is 10.5. The van der Waals surface area contributed by atoms with E-state index in [-0.39, 0.29) is 5.11 Å². The summed E-state index contributed by atoms with van der Waals surface area (Å²) in [5, 5.41) is 7.44. The van der Waals surface area contributed by atoms with Gasteiger partial charge in [-0.25, -0.2) is 0 Å². The third-order valence-electron chi connectivity index (χ3n) is 1.96. The fraction of sp³-hybridized carbons (Fsp3) is 0.200. The highest BCUT2D eigenvalue weighted by Crippen LogP contribution is 2.14. The summed E-state index contributed by atoms with van der Waals surface area (Å²) in [6.45, 7) is 1.62. The van der Waals surface area contributed by atoms with Crippen molar-refractivity contribution in [1.82, 2.24) is 5.43 Å². The highest BCUT2D eigenvalue weighted by molar-refractivity contribution is 7.80. The lowest BCUT2D eigenvalue weighted by Crippen LogP contribution is -2.28. The molecule has 90 valence electrons. The Kier molecular flexibility index (Phi) is 4.99. The molecule has 0 bridgehead atoms. The number of hydrazone groups is 1. The lowest BCUT2D eigenvalue weighted by atomic mass is 10.1. The molecule has 0 aromatic heterocycles. The molecule has 0 amide bonds. The van der Waals surface area contributed by atoms with E-state index < -0.39 is 6.04 Å². The molecular formula is C10H11ClN4OS. The van der Waals surface area contributed by atoms with Crippen molar-refractivity contribution in [2.24, 2.45) is 16.0 Å². The molecular weight excluding hydrogens is 260 g/mol. The summed E-state index contributed by atoms with van der Waals surface area (Å²) in [5.41, 5.74) is 8.82. The maximum absolute atomic E-state index is 10.6. The standard InChI is InChI=1S/C10H11ClN4OS/c1-6(15-16)9(13-14-10(12)17)7-3-2-4-8(11)5-7/h2-6H,1H3,(H3,12,14,17). The van der Waals surface area contributed by atoms with Gasteiger partial charge in [-0.3, -0.25) is 5.43 Å². The largest absolute Gasteiger partial charge is 0.375 e. The molecule has 1 rings (SSSR count). The lowest BCUT2D eigenvalue weighted by Gasteiger charge is -2.09. The third kappa shape index (κ3) is 4.08. The van der Waals surface area contributed by atoms with Gasteiger partial charge in [0.2, 0.25) is 0 Å². The molecule has 17 heavy (non-hydrogen) atoms. The molecule has 1 aromatic carbocycles. The van der Waals surface area contributed by atoms with Crippen LogP contribution in [0.5, 0.6) is 0 Å². The van der Waals surface area contributed by atoms with Gasteiger partial charge in [0.15, 0.2) is 5.11 Å². The van der Waals surface area contributed by atoms with Crippen LogP contribution in [0.2, 0.25) is 5.02 Å². The first-order valence-corrected chi connectivity index (χ1v) is 5.54. The van der Waals surface area contributed by atoms with Crippen LogP contribution in [-0.4, -0.2) is 16.9 Å². The fourth-order valence-electron chi connectivity index (χ4n) is 1.21. The number of nitrogens with two attached hydrogens (primary N) is 1. The van der Waals surface area contributed by atoms with Gasteiger partial charge in [-0.1, -0.05) is 28.9 Å². The number of nitrogens with zero attached hydrogens (tertiary/aromatic N) is 2. The molecule has 0 aliphatic rings. The first-order chi connectivity index (χ1) is 8.04. The van der Waals surface area contributed by atoms with Crippen molar-refractivity contribution in [2.45, 2.75) is 13.0 Å². The summed E-state index contributed by atoms with van der Waals surface area (Å²) in [4.78, 5) is 10.6. The van der Waals surface area contributed by atoms with Gasteiger partial charge in [0.05, 0.1) is 5.71 Å². The number of nitrogens with one attached hydrogen (secondary N) is 1. The molecule has 1 unspecified atom stereocenters. The van der Waals surface area contributed by atoms with Gasteiger partial charge in [0, 0.05) is 10.6 Å². The van der Waals surface area contributed by atoms with E-state index in [4.69, 9.17) is 17.3 Å². The van der Waals surface area contributed by atoms with Gasteiger partial charge in [0.1, 0.15) is 6.04 Å². The number of thiocarbonyl (C=S) groups is 1. The first kappa shape index (κ1) is 13.5. The molecule has 3 N–H and O–H groups in total. The maximum atomic E-state index is 10.6. The predicted octanol–water partition coefficient (Wildman–Crippen LogP) is 2.03. The van der Waals surface area contributed by atoms with E-state index in [1.54, 1.807) is 31.2 Å². The molecule has 0 spiro atoms. The number of hydrogen-bond donors (Lipinski definition) is 2. The van der Waals surface area contributed by atoms with Crippen molar-refractivity contribution in [3.8, 4) is 0 Å². The van der Waals surface area contributed by atoms with Crippen LogP contribution in [-0.2, 0) is 0 Å². The zero-order valence-corrected chi connectivity index (χ0v) is 10.6. The van der Waals surface area contributed by atoms with Gasteiger partial charge in [-0.15, -0.1) is 0 Å². The summed E-state index contributed by atoms with van der Waals surface area (Å²) in [7, 11) is 0. The average molecular weight is 271 g/mol. The normalized spacial score (nSPS) is 12.9. The van der Waals surface area contributed by atoms with E-state index >= 15 is 0 Å². The molecule has 0 heterocycles. The fourth-order valence-corrected chi connectivity index (χ4v) is 1.45. The van der Waals surface area contributed by atoms with E-state index in [2.05, 4.69) is 27.9 Å². The number of hydrogen-bond acceptors (Lipinski definition) is 4. The van der Waals surface area contributed by atoms with E-state index in [0.29, 0.717) is 16.3 Å². The molecule has 0 fully saturated rings. The van der Waals surface area contributed by atoms with Crippen molar-refractivity contribution in [2.75, 3.05) is 0 Å².